The van der Waals surface area contributed by atoms with Gasteiger partial charge in [0.05, 0.1) is 20.8 Å². The van der Waals surface area contributed by atoms with Gasteiger partial charge in [0.2, 0.25) is 5.91 Å². The molecule has 3 aliphatic rings. The summed E-state index contributed by atoms with van der Waals surface area (Å²) in [6.07, 6.45) is 2.57. The monoisotopic (exact) mass is 525 g/mol. The zero-order valence-corrected chi connectivity index (χ0v) is 21.7. The Balaban J connectivity index is 1.38. The van der Waals surface area contributed by atoms with Gasteiger partial charge in [-0.2, -0.15) is 0 Å². The van der Waals surface area contributed by atoms with E-state index in [1.165, 1.54) is 38.5 Å². The summed E-state index contributed by atoms with van der Waals surface area (Å²) in [7, 11) is 3.05. The molecule has 0 aromatic heterocycles. The van der Waals surface area contributed by atoms with Crippen LogP contribution in [0.1, 0.15) is 46.4 Å². The van der Waals surface area contributed by atoms with Gasteiger partial charge in [0.25, 0.3) is 11.8 Å². The van der Waals surface area contributed by atoms with Crippen LogP contribution in [0.4, 0.5) is 4.39 Å². The molecule has 9 nitrogen and oxygen atoms in total. The van der Waals surface area contributed by atoms with E-state index in [0.29, 0.717) is 61.6 Å². The normalized spacial score (nSPS) is 20.6. The molecule has 0 N–H and O–H groups in total. The van der Waals surface area contributed by atoms with Crippen molar-refractivity contribution in [3.63, 3.8) is 0 Å². The number of carbonyl (C=O) groups is 3. The first-order valence-corrected chi connectivity index (χ1v) is 12.9. The number of ether oxygens (including phenoxy) is 3. The average Bonchev–Trinajstić information content (AvgIpc) is 3.61. The Labute approximate surface area is 221 Å². The van der Waals surface area contributed by atoms with E-state index in [1.807, 2.05) is 0 Å². The van der Waals surface area contributed by atoms with E-state index in [4.69, 9.17) is 14.2 Å². The molecule has 3 amide bonds. The summed E-state index contributed by atoms with van der Waals surface area (Å²) in [6, 6.07) is 9.58. The minimum absolute atomic E-state index is 0.0892. The summed E-state index contributed by atoms with van der Waals surface area (Å²) in [5, 5.41) is 0. The lowest BCUT2D eigenvalue weighted by atomic mass is 9.96. The lowest BCUT2D eigenvalue weighted by Crippen LogP contribution is -2.60. The van der Waals surface area contributed by atoms with Crippen LogP contribution in [0.5, 0.6) is 11.5 Å². The molecule has 1 unspecified atom stereocenters. The van der Waals surface area contributed by atoms with Crippen molar-refractivity contribution in [1.29, 1.82) is 0 Å². The van der Waals surface area contributed by atoms with E-state index in [9.17, 15) is 18.8 Å². The number of halogens is 1. The molecule has 202 valence electrons. The van der Waals surface area contributed by atoms with Gasteiger partial charge in [-0.15, -0.1) is 0 Å². The third kappa shape index (κ3) is 4.69. The fourth-order valence-electron chi connectivity index (χ4n) is 5.65. The number of methoxy groups -OCH3 is 2. The molecular weight excluding hydrogens is 493 g/mol. The number of nitrogens with zero attached hydrogens (tertiary/aromatic N) is 3. The van der Waals surface area contributed by atoms with E-state index in [-0.39, 0.29) is 24.3 Å². The largest absolute Gasteiger partial charge is 0.493 e. The van der Waals surface area contributed by atoms with Gasteiger partial charge < -0.3 is 24.0 Å². The zero-order chi connectivity index (χ0) is 26.9. The Morgan fingerprint density at radius 3 is 2.11 bits per heavy atom. The van der Waals surface area contributed by atoms with Crippen molar-refractivity contribution < 1.29 is 33.0 Å². The lowest BCUT2D eigenvalue weighted by molar-refractivity contribution is -0.136. The number of likely N-dealkylation sites (tertiary alicyclic amines) is 2. The van der Waals surface area contributed by atoms with Gasteiger partial charge >= 0.3 is 0 Å². The van der Waals surface area contributed by atoms with Crippen LogP contribution in [0.25, 0.3) is 0 Å². The number of carbonyl (C=O) groups excluding carboxylic acids is 3. The smallest absolute Gasteiger partial charge is 0.256 e. The third-order valence-electron chi connectivity index (χ3n) is 7.74. The van der Waals surface area contributed by atoms with Crippen molar-refractivity contribution in [1.82, 2.24) is 14.7 Å². The van der Waals surface area contributed by atoms with Crippen LogP contribution in [0.15, 0.2) is 42.5 Å². The predicted octanol–water partition coefficient (Wildman–Crippen LogP) is 2.94. The maximum absolute atomic E-state index is 13.8. The van der Waals surface area contributed by atoms with Crippen LogP contribution >= 0.6 is 0 Å². The van der Waals surface area contributed by atoms with Crippen LogP contribution in [0.3, 0.4) is 0 Å². The standard InChI is InChI=1S/C28H32FN3O6/c1-36-23-10-7-20(17-24(23)37-2)25(33)31-15-11-28(12-16-31)32(26(34)19-5-8-21(29)9-6-19)22(18-38-28)27(35)30-13-3-4-14-30/h5-10,17,22H,3-4,11-16,18H2,1-2H3. The minimum Gasteiger partial charge on any atom is -0.493 e. The summed E-state index contributed by atoms with van der Waals surface area (Å²) in [5.41, 5.74) is -0.272. The molecule has 3 saturated heterocycles. The second-order valence-electron chi connectivity index (χ2n) is 9.85. The quantitative estimate of drug-likeness (QED) is 0.597. The minimum atomic E-state index is -1.03. The van der Waals surface area contributed by atoms with Crippen LogP contribution in [0.2, 0.25) is 0 Å². The number of benzene rings is 2. The molecule has 2 aromatic rings. The van der Waals surface area contributed by atoms with Crippen molar-refractivity contribution in [2.24, 2.45) is 0 Å². The highest BCUT2D eigenvalue weighted by molar-refractivity contribution is 5.99. The number of hydrogen-bond acceptors (Lipinski definition) is 6. The maximum atomic E-state index is 13.8. The number of amides is 3. The van der Waals surface area contributed by atoms with Gasteiger partial charge in [-0.3, -0.25) is 19.3 Å². The van der Waals surface area contributed by atoms with Gasteiger partial charge in [-0.05, 0) is 55.3 Å². The van der Waals surface area contributed by atoms with Gasteiger partial charge in [-0.1, -0.05) is 0 Å². The Bertz CT molecular complexity index is 1210. The molecule has 38 heavy (non-hydrogen) atoms. The molecule has 0 bridgehead atoms. The van der Waals surface area contributed by atoms with Gasteiger partial charge in [0.15, 0.2) is 11.5 Å². The number of rotatable bonds is 5. The molecule has 5 rings (SSSR count). The highest BCUT2D eigenvalue weighted by Gasteiger charge is 2.55. The van der Waals surface area contributed by atoms with E-state index < -0.39 is 17.6 Å². The van der Waals surface area contributed by atoms with E-state index in [0.717, 1.165) is 12.8 Å². The van der Waals surface area contributed by atoms with Crippen molar-refractivity contribution in [3.05, 3.63) is 59.4 Å². The van der Waals surface area contributed by atoms with Crippen LogP contribution < -0.4 is 9.47 Å². The Hall–Kier alpha value is -3.66. The molecule has 1 spiro atoms. The Kier molecular flexibility index (Phi) is 7.25. The van der Waals surface area contributed by atoms with E-state index in [1.54, 1.807) is 32.9 Å². The molecule has 3 aliphatic heterocycles. The van der Waals surface area contributed by atoms with Gasteiger partial charge in [0.1, 0.15) is 17.6 Å². The fourth-order valence-corrected chi connectivity index (χ4v) is 5.65. The number of piperidine rings is 1. The van der Waals surface area contributed by atoms with Crippen LogP contribution in [-0.2, 0) is 9.53 Å². The fraction of sp³-hybridized carbons (Fsp3) is 0.464. The van der Waals surface area contributed by atoms with E-state index >= 15 is 0 Å². The SMILES string of the molecule is COc1ccc(C(=O)N2CCC3(CC2)OCC(C(=O)N2CCCC2)N3C(=O)c2ccc(F)cc2)cc1OC. The Morgan fingerprint density at radius 2 is 1.47 bits per heavy atom. The highest BCUT2D eigenvalue weighted by atomic mass is 19.1. The molecule has 0 aliphatic carbocycles. The average molecular weight is 526 g/mol. The van der Waals surface area contributed by atoms with Crippen molar-refractivity contribution in [3.8, 4) is 11.5 Å². The van der Waals surface area contributed by atoms with Crippen molar-refractivity contribution in [2.75, 3.05) is 47.0 Å². The zero-order valence-electron chi connectivity index (χ0n) is 21.7. The maximum Gasteiger partial charge on any atom is 0.256 e. The summed E-state index contributed by atoms with van der Waals surface area (Å²) in [6.45, 7) is 2.09. The summed E-state index contributed by atoms with van der Waals surface area (Å²) < 4.78 is 30.4. The van der Waals surface area contributed by atoms with Crippen molar-refractivity contribution in [2.45, 2.75) is 37.5 Å². The molecular formula is C28H32FN3O6. The van der Waals surface area contributed by atoms with E-state index in [2.05, 4.69) is 0 Å². The van der Waals surface area contributed by atoms with Gasteiger partial charge in [-0.25, -0.2) is 4.39 Å². The lowest BCUT2D eigenvalue weighted by Gasteiger charge is -2.44. The van der Waals surface area contributed by atoms with Crippen molar-refractivity contribution >= 4 is 17.7 Å². The molecule has 3 heterocycles. The topological polar surface area (TPSA) is 88.6 Å². The molecule has 0 radical (unpaired) electrons. The first kappa shape index (κ1) is 26.0. The highest BCUT2D eigenvalue weighted by Crippen LogP contribution is 2.40. The summed E-state index contributed by atoms with van der Waals surface area (Å²) >= 11 is 0. The second kappa shape index (κ2) is 10.6. The molecule has 2 aromatic carbocycles. The second-order valence-corrected chi connectivity index (χ2v) is 9.85. The first-order valence-electron chi connectivity index (χ1n) is 12.9. The summed E-state index contributed by atoms with van der Waals surface area (Å²) in [4.78, 5) is 45.6. The van der Waals surface area contributed by atoms with Crippen LogP contribution in [0, 0.1) is 5.82 Å². The molecule has 3 fully saturated rings. The first-order chi connectivity index (χ1) is 18.4. The number of hydrogen-bond donors (Lipinski definition) is 0. The van der Waals surface area contributed by atoms with Gasteiger partial charge in [0, 0.05) is 50.1 Å². The molecule has 10 heteroatoms. The predicted molar refractivity (Wildman–Crippen MR) is 136 cm³/mol. The molecule has 1 atom stereocenters. The van der Waals surface area contributed by atoms with Crippen LogP contribution in [-0.4, -0.2) is 91.2 Å². The summed E-state index contributed by atoms with van der Waals surface area (Å²) in [5.74, 6) is -0.117. The Morgan fingerprint density at radius 1 is 0.842 bits per heavy atom. The third-order valence-corrected chi connectivity index (χ3v) is 7.74. The molecule has 0 saturated carbocycles.